The maximum Gasteiger partial charge on any atom is 0.141 e. The van der Waals surface area contributed by atoms with E-state index in [1.54, 1.807) is 11.3 Å². The molecule has 0 fully saturated rings. The molecule has 0 saturated heterocycles. The molecule has 20 heavy (non-hydrogen) atoms. The Bertz CT molecular complexity index is 571. The molecule has 0 radical (unpaired) electrons. The van der Waals surface area contributed by atoms with Crippen LogP contribution in [0.3, 0.4) is 0 Å². The minimum atomic E-state index is 0.0149. The Morgan fingerprint density at radius 3 is 2.70 bits per heavy atom. The fourth-order valence-corrected chi connectivity index (χ4v) is 3.35. The van der Waals surface area contributed by atoms with Gasteiger partial charge in [0.15, 0.2) is 0 Å². The second-order valence-corrected chi connectivity index (χ2v) is 6.19. The third-order valence-electron chi connectivity index (χ3n) is 2.94. The first-order valence-corrected chi connectivity index (χ1v) is 7.84. The lowest BCUT2D eigenvalue weighted by Crippen LogP contribution is -2.26. The molecule has 1 aromatic carbocycles. The molecule has 0 spiro atoms. The average Bonchev–Trinajstić information content (AvgIpc) is 2.89. The first-order chi connectivity index (χ1) is 9.70. The number of nitrogens with two attached hydrogens (primary N) is 1. The van der Waals surface area contributed by atoms with Gasteiger partial charge < -0.3 is 16.3 Å². The van der Waals surface area contributed by atoms with Crippen LogP contribution in [0.2, 0.25) is 0 Å². The number of halogens is 1. The van der Waals surface area contributed by atoms with Crippen LogP contribution in [0.4, 0.5) is 0 Å². The van der Waals surface area contributed by atoms with Crippen LogP contribution in [-0.2, 0) is 6.54 Å². The van der Waals surface area contributed by atoms with Crippen LogP contribution in [0.25, 0.3) is 0 Å². The molecule has 2 rings (SSSR count). The Balaban J connectivity index is 2.09. The van der Waals surface area contributed by atoms with Gasteiger partial charge in [0.2, 0.25) is 0 Å². The van der Waals surface area contributed by atoms with Crippen molar-refractivity contribution in [2.24, 2.45) is 10.9 Å². The first-order valence-electron chi connectivity index (χ1n) is 6.17. The van der Waals surface area contributed by atoms with E-state index in [1.807, 2.05) is 41.8 Å². The van der Waals surface area contributed by atoms with Gasteiger partial charge in [0.1, 0.15) is 5.84 Å². The summed E-state index contributed by atoms with van der Waals surface area (Å²) in [6.07, 6.45) is 0.462. The number of oxime groups is 1. The summed E-state index contributed by atoms with van der Waals surface area (Å²) in [6.45, 7) is 0.733. The van der Waals surface area contributed by atoms with Gasteiger partial charge in [0.25, 0.3) is 0 Å². The van der Waals surface area contributed by atoms with Crippen molar-refractivity contribution in [2.75, 3.05) is 0 Å². The molecule has 106 valence electrons. The Kier molecular flexibility index (Phi) is 5.58. The Labute approximate surface area is 130 Å². The van der Waals surface area contributed by atoms with Crippen LogP contribution < -0.4 is 11.1 Å². The van der Waals surface area contributed by atoms with Crippen LogP contribution in [0.15, 0.2) is 51.4 Å². The Hall–Kier alpha value is -1.37. The highest BCUT2D eigenvalue weighted by Crippen LogP contribution is 2.24. The van der Waals surface area contributed by atoms with Gasteiger partial charge in [-0.15, -0.1) is 11.3 Å². The summed E-state index contributed by atoms with van der Waals surface area (Å²) in [5.41, 5.74) is 6.76. The van der Waals surface area contributed by atoms with Crippen LogP contribution >= 0.6 is 27.3 Å². The summed E-state index contributed by atoms with van der Waals surface area (Å²) in [4.78, 5) is 1.23. The van der Waals surface area contributed by atoms with E-state index in [0.717, 1.165) is 16.6 Å². The smallest absolute Gasteiger partial charge is 0.141 e. The van der Waals surface area contributed by atoms with Crippen LogP contribution in [-0.4, -0.2) is 11.0 Å². The number of benzene rings is 1. The van der Waals surface area contributed by atoms with Gasteiger partial charge in [0.05, 0.1) is 0 Å². The van der Waals surface area contributed by atoms with Crippen molar-refractivity contribution in [3.05, 3.63) is 56.7 Å². The summed E-state index contributed by atoms with van der Waals surface area (Å²) >= 11 is 5.21. The number of amidine groups is 1. The topological polar surface area (TPSA) is 70.6 Å². The van der Waals surface area contributed by atoms with Gasteiger partial charge >= 0.3 is 0 Å². The number of hydrogen-bond acceptors (Lipinski definition) is 4. The molecule has 6 heteroatoms. The number of thiophene rings is 1. The van der Waals surface area contributed by atoms with E-state index in [2.05, 4.69) is 26.4 Å². The summed E-state index contributed by atoms with van der Waals surface area (Å²) < 4.78 is 1.10. The molecule has 0 aliphatic rings. The largest absolute Gasteiger partial charge is 0.409 e. The highest BCUT2D eigenvalue weighted by atomic mass is 79.9. The predicted octanol–water partition coefficient (Wildman–Crippen LogP) is 3.48. The van der Waals surface area contributed by atoms with Gasteiger partial charge in [0, 0.05) is 28.4 Å². The van der Waals surface area contributed by atoms with E-state index in [-0.39, 0.29) is 11.9 Å². The standard InChI is InChI=1S/C14H16BrN3OS/c15-11-6-7-20-13(11)9-17-12(8-14(16)18-19)10-4-2-1-3-5-10/h1-7,12,17,19H,8-9H2,(H2,16,18). The normalized spacial score (nSPS) is 13.3. The third-order valence-corrected chi connectivity index (χ3v) is 4.87. The second-order valence-electron chi connectivity index (χ2n) is 4.33. The molecule has 4 N–H and O–H groups in total. The van der Waals surface area contributed by atoms with Crippen molar-refractivity contribution in [3.63, 3.8) is 0 Å². The van der Waals surface area contributed by atoms with E-state index in [4.69, 9.17) is 10.9 Å². The van der Waals surface area contributed by atoms with Crippen molar-refractivity contribution in [1.29, 1.82) is 0 Å². The SMILES string of the molecule is N/C(CC(NCc1sccc1Br)c1ccccc1)=N/O. The molecule has 1 atom stereocenters. The number of nitrogens with zero attached hydrogens (tertiary/aromatic N) is 1. The van der Waals surface area contributed by atoms with Gasteiger partial charge in [-0.25, -0.2) is 0 Å². The van der Waals surface area contributed by atoms with Gasteiger partial charge in [-0.3, -0.25) is 0 Å². The van der Waals surface area contributed by atoms with E-state index in [9.17, 15) is 0 Å². The molecule has 2 aromatic rings. The van der Waals surface area contributed by atoms with Crippen LogP contribution in [0.1, 0.15) is 22.9 Å². The number of rotatable bonds is 6. The maximum absolute atomic E-state index is 8.76. The minimum Gasteiger partial charge on any atom is -0.409 e. The lowest BCUT2D eigenvalue weighted by atomic mass is 10.0. The zero-order valence-corrected chi connectivity index (χ0v) is 13.2. The number of nitrogens with one attached hydrogen (secondary N) is 1. The van der Waals surface area contributed by atoms with Gasteiger partial charge in [-0.1, -0.05) is 35.5 Å². The third kappa shape index (κ3) is 4.06. The fourth-order valence-electron chi connectivity index (χ4n) is 1.91. The molecular formula is C14H16BrN3OS. The predicted molar refractivity (Wildman–Crippen MR) is 86.1 cm³/mol. The molecule has 1 aromatic heterocycles. The van der Waals surface area contributed by atoms with E-state index in [0.29, 0.717) is 6.42 Å². The molecule has 1 heterocycles. The number of hydrogen-bond donors (Lipinski definition) is 3. The van der Waals surface area contributed by atoms with E-state index in [1.165, 1.54) is 4.88 Å². The fraction of sp³-hybridized carbons (Fsp3) is 0.214. The summed E-state index contributed by atoms with van der Waals surface area (Å²) in [7, 11) is 0. The van der Waals surface area contributed by atoms with Crippen molar-refractivity contribution < 1.29 is 5.21 Å². The molecule has 0 bridgehead atoms. The van der Waals surface area contributed by atoms with Crippen LogP contribution in [0, 0.1) is 0 Å². The summed E-state index contributed by atoms with van der Waals surface area (Å²) in [6, 6.07) is 12.1. The van der Waals surface area contributed by atoms with Crippen molar-refractivity contribution in [2.45, 2.75) is 19.0 Å². The average molecular weight is 354 g/mol. The van der Waals surface area contributed by atoms with Gasteiger partial charge in [-0.05, 0) is 32.9 Å². The first kappa shape index (κ1) is 15.0. The molecule has 0 amide bonds. The summed E-state index contributed by atoms with van der Waals surface area (Å²) in [5, 5.41) is 17.3. The highest BCUT2D eigenvalue weighted by Gasteiger charge is 2.14. The Morgan fingerprint density at radius 2 is 2.10 bits per heavy atom. The molecule has 0 saturated carbocycles. The van der Waals surface area contributed by atoms with Crippen molar-refractivity contribution in [1.82, 2.24) is 5.32 Å². The molecule has 1 unspecified atom stereocenters. The van der Waals surface area contributed by atoms with Crippen molar-refractivity contribution >= 4 is 33.1 Å². The summed E-state index contributed by atoms with van der Waals surface area (Å²) in [5.74, 6) is 0.219. The highest BCUT2D eigenvalue weighted by molar-refractivity contribution is 9.10. The molecule has 0 aliphatic carbocycles. The zero-order chi connectivity index (χ0) is 14.4. The van der Waals surface area contributed by atoms with Crippen LogP contribution in [0.5, 0.6) is 0 Å². The van der Waals surface area contributed by atoms with Gasteiger partial charge in [-0.2, -0.15) is 0 Å². The zero-order valence-electron chi connectivity index (χ0n) is 10.8. The molecule has 0 aliphatic heterocycles. The Morgan fingerprint density at radius 1 is 1.35 bits per heavy atom. The van der Waals surface area contributed by atoms with E-state index >= 15 is 0 Å². The maximum atomic E-state index is 8.76. The monoisotopic (exact) mass is 353 g/mol. The minimum absolute atomic E-state index is 0.0149. The molecular weight excluding hydrogens is 338 g/mol. The van der Waals surface area contributed by atoms with Crippen molar-refractivity contribution in [3.8, 4) is 0 Å². The lowest BCUT2D eigenvalue weighted by molar-refractivity contribution is 0.315. The van der Waals surface area contributed by atoms with E-state index < -0.39 is 0 Å². The molecule has 4 nitrogen and oxygen atoms in total. The second kappa shape index (κ2) is 7.42. The lowest BCUT2D eigenvalue weighted by Gasteiger charge is -2.18. The quantitative estimate of drug-likeness (QED) is 0.322.